The van der Waals surface area contributed by atoms with Crippen LogP contribution in [0.25, 0.3) is 0 Å². The Bertz CT molecular complexity index is 831. The predicted molar refractivity (Wildman–Crippen MR) is 136 cm³/mol. The Morgan fingerprint density at radius 3 is 2.24 bits per heavy atom. The molecule has 0 aromatic heterocycles. The van der Waals surface area contributed by atoms with Gasteiger partial charge >= 0.3 is 6.09 Å². The molecule has 0 radical (unpaired) electrons. The SMILES string of the molecule is COc1cc(C(C)NC(=O)O)c([N+](=O)[O-])cc1OCCCC(=O)NCCOCCOCCOCCN.Cl. The lowest BCUT2D eigenvalue weighted by molar-refractivity contribution is -0.385. The second-order valence-corrected chi connectivity index (χ2v) is 7.42. The zero-order valence-corrected chi connectivity index (χ0v) is 21.9. The number of hydrogen-bond acceptors (Lipinski definition) is 10. The molecular weight excluding hydrogens is 516 g/mol. The zero-order chi connectivity index (χ0) is 26.8. The fourth-order valence-electron chi connectivity index (χ4n) is 3.00. The highest BCUT2D eigenvalue weighted by atomic mass is 35.5. The maximum atomic E-state index is 12.0. The van der Waals surface area contributed by atoms with E-state index in [2.05, 4.69) is 10.6 Å². The van der Waals surface area contributed by atoms with Crippen molar-refractivity contribution in [3.8, 4) is 11.5 Å². The Hall–Kier alpha value is -2.91. The standard InChI is InChI=1S/C22H36N4O10.ClH/c1-16(25-22(28)29)17-14-19(32-2)20(15-18(17)26(30)31)36-7-3-4-21(27)24-6-9-34-11-13-35-12-10-33-8-5-23;/h14-16,25H,3-13,23H2,1-2H3,(H,24,27)(H,28,29);1H. The first-order valence-corrected chi connectivity index (χ1v) is 11.5. The van der Waals surface area contributed by atoms with E-state index in [9.17, 15) is 19.7 Å². The lowest BCUT2D eigenvalue weighted by atomic mass is 10.1. The minimum absolute atomic E-state index is 0. The van der Waals surface area contributed by atoms with E-state index in [1.54, 1.807) is 0 Å². The summed E-state index contributed by atoms with van der Waals surface area (Å²) < 4.78 is 26.7. The van der Waals surface area contributed by atoms with Crippen LogP contribution >= 0.6 is 12.4 Å². The summed E-state index contributed by atoms with van der Waals surface area (Å²) in [5.74, 6) is 0.151. The summed E-state index contributed by atoms with van der Waals surface area (Å²) in [6.07, 6.45) is -0.758. The van der Waals surface area contributed by atoms with Crippen LogP contribution in [0.3, 0.4) is 0 Å². The fourth-order valence-corrected chi connectivity index (χ4v) is 3.00. The number of nitro groups is 1. The van der Waals surface area contributed by atoms with Crippen LogP contribution in [0.5, 0.6) is 11.5 Å². The van der Waals surface area contributed by atoms with Crippen molar-refractivity contribution >= 4 is 30.1 Å². The molecule has 0 spiro atoms. The van der Waals surface area contributed by atoms with Gasteiger partial charge in [-0.05, 0) is 19.4 Å². The summed E-state index contributed by atoms with van der Waals surface area (Å²) in [7, 11) is 1.37. The summed E-state index contributed by atoms with van der Waals surface area (Å²) >= 11 is 0. The van der Waals surface area contributed by atoms with Gasteiger partial charge in [0.25, 0.3) is 5.69 Å². The van der Waals surface area contributed by atoms with Crippen LogP contribution < -0.4 is 25.8 Å². The predicted octanol–water partition coefficient (Wildman–Crippen LogP) is 1.64. The molecule has 0 fully saturated rings. The molecule has 0 aliphatic heterocycles. The zero-order valence-electron chi connectivity index (χ0n) is 21.1. The first-order valence-electron chi connectivity index (χ1n) is 11.5. The van der Waals surface area contributed by atoms with E-state index in [0.717, 1.165) is 0 Å². The molecule has 2 amide bonds. The molecule has 0 aliphatic rings. The van der Waals surface area contributed by atoms with Crippen LogP contribution in [-0.4, -0.2) is 88.5 Å². The Morgan fingerprint density at radius 1 is 1.05 bits per heavy atom. The van der Waals surface area contributed by atoms with E-state index in [0.29, 0.717) is 59.2 Å². The molecule has 0 saturated carbocycles. The van der Waals surface area contributed by atoms with Gasteiger partial charge in [-0.1, -0.05) is 0 Å². The molecule has 1 aromatic carbocycles. The molecule has 1 unspecified atom stereocenters. The Balaban J connectivity index is 0.0000130. The number of amides is 2. The van der Waals surface area contributed by atoms with Gasteiger partial charge in [0.05, 0.1) is 76.0 Å². The van der Waals surface area contributed by atoms with Crippen molar-refractivity contribution in [1.29, 1.82) is 0 Å². The fraction of sp³-hybridized carbons (Fsp3) is 0.636. The van der Waals surface area contributed by atoms with Gasteiger partial charge in [0.2, 0.25) is 5.91 Å². The molecule has 1 atom stereocenters. The number of halogens is 1. The number of ether oxygens (including phenoxy) is 5. The third-order valence-corrected chi connectivity index (χ3v) is 4.70. The number of carbonyl (C=O) groups is 2. The quantitative estimate of drug-likeness (QED) is 0.104. The van der Waals surface area contributed by atoms with E-state index >= 15 is 0 Å². The largest absolute Gasteiger partial charge is 0.493 e. The summed E-state index contributed by atoms with van der Waals surface area (Å²) in [4.78, 5) is 33.7. The summed E-state index contributed by atoms with van der Waals surface area (Å²) in [5, 5.41) is 25.3. The highest BCUT2D eigenvalue weighted by molar-refractivity contribution is 5.85. The third-order valence-electron chi connectivity index (χ3n) is 4.70. The number of nitro benzene ring substituents is 1. The molecule has 14 nitrogen and oxygen atoms in total. The van der Waals surface area contributed by atoms with Crippen LogP contribution in [-0.2, 0) is 19.0 Å². The molecule has 5 N–H and O–H groups in total. The third kappa shape index (κ3) is 14.4. The van der Waals surface area contributed by atoms with E-state index in [4.69, 9.17) is 34.5 Å². The van der Waals surface area contributed by atoms with Gasteiger partial charge in [0.15, 0.2) is 11.5 Å². The Morgan fingerprint density at radius 2 is 1.68 bits per heavy atom. The van der Waals surface area contributed by atoms with Crippen LogP contribution in [0, 0.1) is 10.1 Å². The number of nitrogens with two attached hydrogens (primary N) is 1. The molecule has 1 rings (SSSR count). The second-order valence-electron chi connectivity index (χ2n) is 7.42. The van der Waals surface area contributed by atoms with Gasteiger partial charge < -0.3 is 45.2 Å². The van der Waals surface area contributed by atoms with Gasteiger partial charge in [-0.15, -0.1) is 12.4 Å². The number of rotatable bonds is 20. The van der Waals surface area contributed by atoms with Crippen molar-refractivity contribution in [2.24, 2.45) is 5.73 Å². The number of carbonyl (C=O) groups excluding carboxylic acids is 1. The van der Waals surface area contributed by atoms with Crippen LogP contribution in [0.15, 0.2) is 12.1 Å². The first-order chi connectivity index (χ1) is 17.3. The molecule has 1 aromatic rings. The van der Waals surface area contributed by atoms with Crippen LogP contribution in [0.4, 0.5) is 10.5 Å². The van der Waals surface area contributed by atoms with Gasteiger partial charge in [-0.25, -0.2) is 4.79 Å². The molecule has 0 bridgehead atoms. The Kier molecular flexibility index (Phi) is 18.6. The monoisotopic (exact) mass is 552 g/mol. The number of methoxy groups -OCH3 is 1. The number of carboxylic acid groups (broad SMARTS) is 1. The normalized spacial score (nSPS) is 11.2. The average Bonchev–Trinajstić information content (AvgIpc) is 2.84. The van der Waals surface area contributed by atoms with Crippen LogP contribution in [0.1, 0.15) is 31.4 Å². The van der Waals surface area contributed by atoms with Crippen LogP contribution in [0.2, 0.25) is 0 Å². The van der Waals surface area contributed by atoms with Crippen molar-refractivity contribution in [1.82, 2.24) is 10.6 Å². The van der Waals surface area contributed by atoms with E-state index < -0.39 is 17.1 Å². The lowest BCUT2D eigenvalue weighted by Crippen LogP contribution is -2.27. The average molecular weight is 553 g/mol. The topological polar surface area (TPSA) is 194 Å². The second kappa shape index (κ2) is 20.2. The number of nitrogens with zero attached hydrogens (tertiary/aromatic N) is 1. The maximum Gasteiger partial charge on any atom is 0.405 e. The smallest absolute Gasteiger partial charge is 0.405 e. The van der Waals surface area contributed by atoms with Gasteiger partial charge in [0.1, 0.15) is 0 Å². The van der Waals surface area contributed by atoms with E-state index in [-0.39, 0.29) is 54.1 Å². The van der Waals surface area contributed by atoms with E-state index in [1.807, 2.05) is 0 Å². The molecule has 37 heavy (non-hydrogen) atoms. The Labute approximate surface area is 221 Å². The minimum Gasteiger partial charge on any atom is -0.493 e. The van der Waals surface area contributed by atoms with Crippen molar-refractivity contribution in [3.05, 3.63) is 27.8 Å². The molecule has 0 saturated heterocycles. The van der Waals surface area contributed by atoms with Crippen molar-refractivity contribution in [2.45, 2.75) is 25.8 Å². The highest BCUT2D eigenvalue weighted by Crippen LogP contribution is 2.37. The number of benzene rings is 1. The summed E-state index contributed by atoms with van der Waals surface area (Å²) in [6, 6.07) is 1.71. The van der Waals surface area contributed by atoms with Gasteiger partial charge in [-0.2, -0.15) is 0 Å². The molecule has 212 valence electrons. The number of hydrogen-bond donors (Lipinski definition) is 4. The van der Waals surface area contributed by atoms with Crippen molar-refractivity contribution < 1.29 is 43.3 Å². The molecular formula is C22H37ClN4O10. The maximum absolute atomic E-state index is 12.0. The van der Waals surface area contributed by atoms with Crippen molar-refractivity contribution in [3.63, 3.8) is 0 Å². The summed E-state index contributed by atoms with van der Waals surface area (Å²) in [5.41, 5.74) is 5.13. The molecule has 0 aliphatic carbocycles. The molecule has 15 heteroatoms. The lowest BCUT2D eigenvalue weighted by Gasteiger charge is -2.16. The summed E-state index contributed by atoms with van der Waals surface area (Å²) in [6.45, 7) is 5.05. The van der Waals surface area contributed by atoms with Gasteiger partial charge in [0, 0.05) is 19.5 Å². The van der Waals surface area contributed by atoms with Gasteiger partial charge in [-0.3, -0.25) is 14.9 Å². The van der Waals surface area contributed by atoms with Crippen molar-refractivity contribution in [2.75, 3.05) is 66.4 Å². The number of nitrogens with one attached hydrogen (secondary N) is 2. The van der Waals surface area contributed by atoms with E-state index in [1.165, 1.54) is 26.2 Å². The highest BCUT2D eigenvalue weighted by Gasteiger charge is 2.24. The first kappa shape index (κ1) is 34.1. The molecule has 0 heterocycles. The minimum atomic E-state index is -1.31.